The van der Waals surface area contributed by atoms with E-state index in [4.69, 9.17) is 4.52 Å². The van der Waals surface area contributed by atoms with Gasteiger partial charge in [0.15, 0.2) is 5.82 Å². The Hall–Kier alpha value is -1.75. The van der Waals surface area contributed by atoms with Crippen LogP contribution in [-0.2, 0) is 13.0 Å². The number of pyridine rings is 1. The Morgan fingerprint density at radius 2 is 2.00 bits per heavy atom. The smallest absolute Gasteiger partial charge is 0.240 e. The fourth-order valence-electron chi connectivity index (χ4n) is 2.86. The van der Waals surface area contributed by atoms with Crippen LogP contribution in [0.25, 0.3) is 0 Å². The fourth-order valence-corrected chi connectivity index (χ4v) is 2.86. The number of aromatic nitrogens is 3. The van der Waals surface area contributed by atoms with Gasteiger partial charge in [0.25, 0.3) is 0 Å². The first-order valence-electron chi connectivity index (χ1n) is 7.71. The van der Waals surface area contributed by atoms with E-state index >= 15 is 0 Å². The third-order valence-electron chi connectivity index (χ3n) is 4.14. The Balaban J connectivity index is 1.49. The molecule has 0 bridgehead atoms. The summed E-state index contributed by atoms with van der Waals surface area (Å²) in [5, 5.41) is 4.15. The molecule has 5 nitrogen and oxygen atoms in total. The summed E-state index contributed by atoms with van der Waals surface area (Å²) in [7, 11) is 2.08. The molecule has 1 fully saturated rings. The maximum absolute atomic E-state index is 5.39. The molecule has 0 N–H and O–H groups in total. The second-order valence-electron chi connectivity index (χ2n) is 5.87. The van der Waals surface area contributed by atoms with E-state index in [1.807, 2.05) is 12.4 Å². The molecule has 0 unspecified atom stereocenters. The highest BCUT2D eigenvalue weighted by Gasteiger charge is 2.22. The van der Waals surface area contributed by atoms with Crippen molar-refractivity contribution in [3.8, 4) is 0 Å². The molecule has 21 heavy (non-hydrogen) atoms. The summed E-state index contributed by atoms with van der Waals surface area (Å²) in [4.78, 5) is 10.8. The molecule has 112 valence electrons. The number of hydrogen-bond acceptors (Lipinski definition) is 5. The average molecular weight is 286 g/mol. The molecule has 5 heteroatoms. The summed E-state index contributed by atoms with van der Waals surface area (Å²) < 4.78 is 5.39. The quantitative estimate of drug-likeness (QED) is 0.817. The van der Waals surface area contributed by atoms with Crippen molar-refractivity contribution in [1.82, 2.24) is 20.0 Å². The van der Waals surface area contributed by atoms with Crippen LogP contribution in [0.1, 0.15) is 48.9 Å². The first kappa shape index (κ1) is 14.2. The van der Waals surface area contributed by atoms with Crippen LogP contribution in [0.5, 0.6) is 0 Å². The lowest BCUT2D eigenvalue weighted by Crippen LogP contribution is -2.21. The van der Waals surface area contributed by atoms with Crippen molar-refractivity contribution in [3.05, 3.63) is 41.8 Å². The first-order chi connectivity index (χ1) is 10.3. The van der Waals surface area contributed by atoms with Gasteiger partial charge < -0.3 is 4.52 Å². The van der Waals surface area contributed by atoms with Crippen molar-refractivity contribution in [3.63, 3.8) is 0 Å². The van der Waals surface area contributed by atoms with E-state index in [1.165, 1.54) is 31.2 Å². The molecule has 3 rings (SSSR count). The minimum absolute atomic E-state index is 0.518. The van der Waals surface area contributed by atoms with Crippen molar-refractivity contribution in [2.45, 2.75) is 44.6 Å². The van der Waals surface area contributed by atoms with Gasteiger partial charge in [-0.15, -0.1) is 0 Å². The summed E-state index contributed by atoms with van der Waals surface area (Å²) in [6.07, 6.45) is 9.67. The Kier molecular flexibility index (Phi) is 4.60. The predicted molar refractivity (Wildman–Crippen MR) is 79.8 cm³/mol. The van der Waals surface area contributed by atoms with Gasteiger partial charge in [-0.1, -0.05) is 18.0 Å². The molecule has 1 aliphatic carbocycles. The van der Waals surface area contributed by atoms with Crippen molar-refractivity contribution in [2.24, 2.45) is 0 Å². The van der Waals surface area contributed by atoms with Gasteiger partial charge in [0, 0.05) is 24.9 Å². The lowest BCUT2D eigenvalue weighted by Gasteiger charge is -2.13. The van der Waals surface area contributed by atoms with E-state index in [-0.39, 0.29) is 0 Å². The molecule has 1 saturated carbocycles. The molecule has 2 heterocycles. The molecule has 0 saturated heterocycles. The SMILES string of the molecule is CN(CCc1ccncc1)Cc1nc(C2CCCC2)no1. The number of rotatable bonds is 6. The van der Waals surface area contributed by atoms with Crippen LogP contribution in [0.3, 0.4) is 0 Å². The van der Waals surface area contributed by atoms with Crippen LogP contribution in [0.4, 0.5) is 0 Å². The third kappa shape index (κ3) is 3.88. The fraction of sp³-hybridized carbons (Fsp3) is 0.562. The third-order valence-corrected chi connectivity index (χ3v) is 4.14. The van der Waals surface area contributed by atoms with Gasteiger partial charge in [-0.25, -0.2) is 0 Å². The van der Waals surface area contributed by atoms with E-state index in [2.05, 4.69) is 39.2 Å². The zero-order valence-electron chi connectivity index (χ0n) is 12.5. The normalized spacial score (nSPS) is 15.9. The Morgan fingerprint density at radius 1 is 1.24 bits per heavy atom. The van der Waals surface area contributed by atoms with Gasteiger partial charge >= 0.3 is 0 Å². The topological polar surface area (TPSA) is 55.1 Å². The van der Waals surface area contributed by atoms with Gasteiger partial charge in [-0.3, -0.25) is 9.88 Å². The van der Waals surface area contributed by atoms with E-state index in [9.17, 15) is 0 Å². The number of likely N-dealkylation sites (N-methyl/N-ethyl adjacent to an activating group) is 1. The zero-order valence-corrected chi connectivity index (χ0v) is 12.5. The molecular weight excluding hydrogens is 264 g/mol. The molecule has 2 aromatic heterocycles. The first-order valence-corrected chi connectivity index (χ1v) is 7.71. The number of nitrogens with zero attached hydrogens (tertiary/aromatic N) is 4. The van der Waals surface area contributed by atoms with Gasteiger partial charge in [0.2, 0.25) is 5.89 Å². The molecule has 1 aliphatic rings. The van der Waals surface area contributed by atoms with Crippen molar-refractivity contribution >= 4 is 0 Å². The largest absolute Gasteiger partial charge is 0.338 e. The maximum Gasteiger partial charge on any atom is 0.240 e. The molecule has 0 aromatic carbocycles. The van der Waals surface area contributed by atoms with Gasteiger partial charge in [0.05, 0.1) is 6.54 Å². The zero-order chi connectivity index (χ0) is 14.5. The van der Waals surface area contributed by atoms with Crippen LogP contribution in [-0.4, -0.2) is 33.6 Å². The van der Waals surface area contributed by atoms with Crippen LogP contribution in [0, 0.1) is 0 Å². The van der Waals surface area contributed by atoms with Crippen LogP contribution >= 0.6 is 0 Å². The molecular formula is C16H22N4O. The molecule has 2 aromatic rings. The van der Waals surface area contributed by atoms with E-state index in [0.29, 0.717) is 12.5 Å². The highest BCUT2D eigenvalue weighted by Crippen LogP contribution is 2.32. The second-order valence-corrected chi connectivity index (χ2v) is 5.87. The van der Waals surface area contributed by atoms with Gasteiger partial charge in [0.1, 0.15) is 0 Å². The van der Waals surface area contributed by atoms with E-state index < -0.39 is 0 Å². The van der Waals surface area contributed by atoms with Gasteiger partial charge in [-0.05, 0) is 44.0 Å². The minimum atomic E-state index is 0.518. The van der Waals surface area contributed by atoms with Crippen molar-refractivity contribution < 1.29 is 4.52 Å². The lowest BCUT2D eigenvalue weighted by atomic mass is 10.1. The lowest BCUT2D eigenvalue weighted by molar-refractivity contribution is 0.268. The number of hydrogen-bond donors (Lipinski definition) is 0. The Labute approximate surface area is 125 Å². The Morgan fingerprint density at radius 3 is 2.76 bits per heavy atom. The molecule has 0 radical (unpaired) electrons. The average Bonchev–Trinajstić information content (AvgIpc) is 3.17. The summed E-state index contributed by atoms with van der Waals surface area (Å²) in [5.41, 5.74) is 1.30. The second kappa shape index (κ2) is 6.80. The van der Waals surface area contributed by atoms with Crippen LogP contribution in [0.15, 0.2) is 29.0 Å². The highest BCUT2D eigenvalue weighted by atomic mass is 16.5. The van der Waals surface area contributed by atoms with Gasteiger partial charge in [-0.2, -0.15) is 4.98 Å². The monoisotopic (exact) mass is 286 g/mol. The highest BCUT2D eigenvalue weighted by molar-refractivity contribution is 5.09. The molecule has 0 atom stereocenters. The molecule has 0 spiro atoms. The van der Waals surface area contributed by atoms with E-state index in [0.717, 1.165) is 24.7 Å². The molecule has 0 amide bonds. The molecule has 0 aliphatic heterocycles. The standard InChI is InChI=1S/C16H22N4O/c1-20(11-8-13-6-9-17-10-7-13)12-15-18-16(19-21-15)14-4-2-3-5-14/h6-7,9-10,14H,2-5,8,11-12H2,1H3. The van der Waals surface area contributed by atoms with Crippen LogP contribution in [0.2, 0.25) is 0 Å². The summed E-state index contributed by atoms with van der Waals surface area (Å²) in [6.45, 7) is 1.68. The summed E-state index contributed by atoms with van der Waals surface area (Å²) in [5.74, 6) is 2.16. The predicted octanol–water partition coefficient (Wildman–Crippen LogP) is 2.80. The Bertz CT molecular complexity index is 548. The summed E-state index contributed by atoms with van der Waals surface area (Å²) in [6, 6.07) is 4.11. The minimum Gasteiger partial charge on any atom is -0.338 e. The van der Waals surface area contributed by atoms with Crippen molar-refractivity contribution in [2.75, 3.05) is 13.6 Å². The van der Waals surface area contributed by atoms with E-state index in [1.54, 1.807) is 0 Å². The van der Waals surface area contributed by atoms with Crippen molar-refractivity contribution in [1.29, 1.82) is 0 Å². The summed E-state index contributed by atoms with van der Waals surface area (Å²) >= 11 is 0. The van der Waals surface area contributed by atoms with Crippen LogP contribution < -0.4 is 0 Å². The maximum atomic E-state index is 5.39.